The molecule has 0 amide bonds. The zero-order valence-electron chi connectivity index (χ0n) is 21.4. The van der Waals surface area contributed by atoms with Crippen LogP contribution < -0.4 is 4.74 Å². The topological polar surface area (TPSA) is 29.5 Å². The molecule has 0 aromatic heterocycles. The number of hydrogen-bond donors (Lipinski definition) is 1. The van der Waals surface area contributed by atoms with Crippen LogP contribution in [0.1, 0.15) is 24.8 Å². The summed E-state index contributed by atoms with van der Waals surface area (Å²) in [5.41, 5.74) is 1.97. The average molecular weight is 674 g/mol. The first kappa shape index (κ1) is 37.2. The van der Waals surface area contributed by atoms with Crippen molar-refractivity contribution in [2.75, 3.05) is 6.61 Å². The molecular weight excluding hydrogens is 655 g/mol. The predicted octanol–water partition coefficient (Wildman–Crippen LogP) is 9.40. The van der Waals surface area contributed by atoms with Gasteiger partial charge >= 0.3 is 47.6 Å². The maximum absolute atomic E-state index is 14.0. The summed E-state index contributed by atoms with van der Waals surface area (Å²) in [4.78, 5) is 0. The standard InChI is InChI=1S/C25H19F17O2/c26-18(27,11-1-2-12-44-17-9-7-16(8-10-17)15-5-3-14(13-43)4-6-15)19(28,29)20(30,31)21(32,33)22(34,35)23(36,37)24(38,39)25(40,41)42/h3-10,43H,1-2,11-13H2. The first-order chi connectivity index (χ1) is 19.7. The molecule has 2 aromatic rings. The van der Waals surface area contributed by atoms with Gasteiger partial charge in [-0.05, 0) is 41.7 Å². The smallest absolute Gasteiger partial charge is 0.460 e. The van der Waals surface area contributed by atoms with Crippen molar-refractivity contribution in [3.63, 3.8) is 0 Å². The number of unbranched alkanes of at least 4 members (excludes halogenated alkanes) is 1. The van der Waals surface area contributed by atoms with Gasteiger partial charge in [-0.25, -0.2) is 0 Å². The summed E-state index contributed by atoms with van der Waals surface area (Å²) in [5, 5.41) is 9.05. The quantitative estimate of drug-likeness (QED) is 0.160. The second kappa shape index (κ2) is 12.1. The van der Waals surface area contributed by atoms with E-state index in [0.717, 1.165) is 0 Å². The Kier molecular flexibility index (Phi) is 10.2. The van der Waals surface area contributed by atoms with Crippen molar-refractivity contribution in [2.45, 2.75) is 73.5 Å². The molecule has 0 aliphatic rings. The van der Waals surface area contributed by atoms with Crippen molar-refractivity contribution in [2.24, 2.45) is 0 Å². The fraction of sp³-hybridized carbons (Fsp3) is 0.520. The molecular formula is C25H19F17O2. The molecule has 0 spiro atoms. The van der Waals surface area contributed by atoms with E-state index in [1.54, 1.807) is 24.3 Å². The van der Waals surface area contributed by atoms with Gasteiger partial charge in [-0.1, -0.05) is 36.4 Å². The molecule has 0 fully saturated rings. The van der Waals surface area contributed by atoms with Gasteiger partial charge in [0.2, 0.25) is 0 Å². The minimum absolute atomic E-state index is 0.0720. The Morgan fingerprint density at radius 1 is 0.477 bits per heavy atom. The van der Waals surface area contributed by atoms with E-state index in [9.17, 15) is 74.6 Å². The number of benzene rings is 2. The second-order valence-electron chi connectivity index (χ2n) is 9.33. The molecule has 2 aromatic carbocycles. The van der Waals surface area contributed by atoms with Crippen molar-refractivity contribution in [3.8, 4) is 16.9 Å². The van der Waals surface area contributed by atoms with Crippen molar-refractivity contribution in [1.82, 2.24) is 0 Å². The summed E-state index contributed by atoms with van der Waals surface area (Å²) in [6.45, 7) is -0.789. The van der Waals surface area contributed by atoms with Crippen LogP contribution in [0.15, 0.2) is 48.5 Å². The highest BCUT2D eigenvalue weighted by Gasteiger charge is 2.95. The number of aliphatic hydroxyl groups is 1. The van der Waals surface area contributed by atoms with Crippen molar-refractivity contribution in [1.29, 1.82) is 0 Å². The van der Waals surface area contributed by atoms with Crippen LogP contribution in [-0.4, -0.2) is 59.3 Å². The highest BCUT2D eigenvalue weighted by molar-refractivity contribution is 5.64. The van der Waals surface area contributed by atoms with Crippen LogP contribution in [0, 0.1) is 0 Å². The van der Waals surface area contributed by atoms with E-state index in [0.29, 0.717) is 16.7 Å². The van der Waals surface area contributed by atoms with Gasteiger partial charge in [-0.15, -0.1) is 0 Å². The lowest BCUT2D eigenvalue weighted by molar-refractivity contribution is -0.461. The number of rotatable bonds is 14. The van der Waals surface area contributed by atoms with E-state index in [4.69, 9.17) is 9.84 Å². The first-order valence-electron chi connectivity index (χ1n) is 11.9. The van der Waals surface area contributed by atoms with Crippen LogP contribution in [0.4, 0.5) is 74.6 Å². The molecule has 250 valence electrons. The van der Waals surface area contributed by atoms with Gasteiger partial charge in [0.1, 0.15) is 5.75 Å². The van der Waals surface area contributed by atoms with E-state index in [1.165, 1.54) is 24.3 Å². The van der Waals surface area contributed by atoms with Gasteiger partial charge in [-0.3, -0.25) is 0 Å². The molecule has 0 aliphatic heterocycles. The summed E-state index contributed by atoms with van der Waals surface area (Å²) in [7, 11) is 0. The Morgan fingerprint density at radius 2 is 0.864 bits per heavy atom. The molecule has 0 heterocycles. The van der Waals surface area contributed by atoms with E-state index in [-0.39, 0.29) is 12.4 Å². The Balaban J connectivity index is 2.10. The Hall–Kier alpha value is -2.99. The van der Waals surface area contributed by atoms with Crippen molar-refractivity contribution >= 4 is 0 Å². The zero-order chi connectivity index (χ0) is 34.2. The van der Waals surface area contributed by atoms with Gasteiger partial charge in [0.05, 0.1) is 13.2 Å². The summed E-state index contributed by atoms with van der Waals surface area (Å²) >= 11 is 0. The number of halogens is 17. The molecule has 0 bridgehead atoms. The summed E-state index contributed by atoms with van der Waals surface area (Å²) in [6, 6.07) is 12.3. The molecule has 1 N–H and O–H groups in total. The predicted molar refractivity (Wildman–Crippen MR) is 118 cm³/mol. The van der Waals surface area contributed by atoms with Gasteiger partial charge in [0.15, 0.2) is 0 Å². The maximum Gasteiger partial charge on any atom is 0.460 e. The van der Waals surface area contributed by atoms with E-state index in [1.807, 2.05) is 0 Å². The van der Waals surface area contributed by atoms with Gasteiger partial charge < -0.3 is 9.84 Å². The van der Waals surface area contributed by atoms with E-state index >= 15 is 0 Å². The largest absolute Gasteiger partial charge is 0.494 e. The summed E-state index contributed by atoms with van der Waals surface area (Å²) in [6.07, 6.45) is -12.2. The number of hydrogen-bond acceptors (Lipinski definition) is 2. The molecule has 0 atom stereocenters. The third-order valence-corrected chi connectivity index (χ3v) is 6.27. The monoisotopic (exact) mass is 674 g/mol. The molecule has 0 saturated carbocycles. The SMILES string of the molecule is OCc1ccc(-c2ccc(OCCCCC(F)(F)C(F)(F)C(F)(F)C(F)(F)C(F)(F)C(F)(F)C(F)(F)C(F)(F)F)cc2)cc1. The van der Waals surface area contributed by atoms with E-state index in [2.05, 4.69) is 0 Å². The van der Waals surface area contributed by atoms with Crippen LogP contribution in [-0.2, 0) is 6.61 Å². The van der Waals surface area contributed by atoms with Gasteiger partial charge in [0.25, 0.3) is 0 Å². The minimum atomic E-state index is -8.63. The maximum atomic E-state index is 14.0. The average Bonchev–Trinajstić information content (AvgIpc) is 2.92. The summed E-state index contributed by atoms with van der Waals surface area (Å²) in [5.74, 6) is -56.2. The van der Waals surface area contributed by atoms with E-state index < -0.39 is 73.5 Å². The lowest BCUT2D eigenvalue weighted by Gasteiger charge is -2.42. The third kappa shape index (κ3) is 6.24. The highest BCUT2D eigenvalue weighted by Crippen LogP contribution is 2.64. The Bertz CT molecular complexity index is 1240. The summed E-state index contributed by atoms with van der Waals surface area (Å²) < 4.78 is 231. The van der Waals surface area contributed by atoms with Gasteiger partial charge in [-0.2, -0.15) is 74.6 Å². The second-order valence-corrected chi connectivity index (χ2v) is 9.33. The van der Waals surface area contributed by atoms with Crippen LogP contribution in [0.25, 0.3) is 11.1 Å². The molecule has 19 heteroatoms. The zero-order valence-corrected chi connectivity index (χ0v) is 21.4. The Labute approximate surface area is 236 Å². The van der Waals surface area contributed by atoms with Crippen molar-refractivity contribution < 1.29 is 84.5 Å². The molecule has 2 rings (SSSR count). The first-order valence-corrected chi connectivity index (χ1v) is 11.9. The van der Waals surface area contributed by atoms with Crippen LogP contribution in [0.3, 0.4) is 0 Å². The molecule has 0 saturated heterocycles. The van der Waals surface area contributed by atoms with Crippen LogP contribution in [0.5, 0.6) is 5.75 Å². The molecule has 0 unspecified atom stereocenters. The third-order valence-electron chi connectivity index (χ3n) is 6.27. The van der Waals surface area contributed by atoms with Crippen LogP contribution in [0.2, 0.25) is 0 Å². The van der Waals surface area contributed by atoms with Crippen molar-refractivity contribution in [3.05, 3.63) is 54.1 Å². The highest BCUT2D eigenvalue weighted by atomic mass is 19.4. The molecule has 0 radical (unpaired) electrons. The van der Waals surface area contributed by atoms with Crippen LogP contribution >= 0.6 is 0 Å². The fourth-order valence-electron chi connectivity index (χ4n) is 3.54. The number of aliphatic hydroxyl groups excluding tert-OH is 1. The Morgan fingerprint density at radius 3 is 1.27 bits per heavy atom. The fourth-order valence-corrected chi connectivity index (χ4v) is 3.54. The molecule has 44 heavy (non-hydrogen) atoms. The normalized spacial score (nSPS) is 14.6. The van der Waals surface area contributed by atoms with Gasteiger partial charge in [0, 0.05) is 6.42 Å². The minimum Gasteiger partial charge on any atom is -0.494 e. The molecule has 0 aliphatic carbocycles. The number of alkyl halides is 17. The lowest BCUT2D eigenvalue weighted by Crippen LogP contribution is -2.74. The lowest BCUT2D eigenvalue weighted by atomic mass is 9.88. The molecule has 2 nitrogen and oxygen atoms in total. The number of ether oxygens (including phenoxy) is 1.